The van der Waals surface area contributed by atoms with Gasteiger partial charge in [0.15, 0.2) is 5.82 Å². The second-order valence-corrected chi connectivity index (χ2v) is 6.60. The van der Waals surface area contributed by atoms with Crippen LogP contribution in [0.4, 0.5) is 0 Å². The highest BCUT2D eigenvalue weighted by molar-refractivity contribution is 7.99. The Bertz CT molecular complexity index is 534. The predicted molar refractivity (Wildman–Crippen MR) is 70.0 cm³/mol. The van der Waals surface area contributed by atoms with E-state index < -0.39 is 0 Å². The van der Waals surface area contributed by atoms with Gasteiger partial charge in [-0.3, -0.25) is 0 Å². The van der Waals surface area contributed by atoms with Crippen molar-refractivity contribution in [3.63, 3.8) is 0 Å². The molecular formula is C11H12N4S2. The fourth-order valence-corrected chi connectivity index (χ4v) is 4.49. The number of nitrogens with one attached hydrogen (secondary N) is 1. The van der Waals surface area contributed by atoms with Crippen molar-refractivity contribution >= 4 is 23.1 Å². The number of thioether (sulfide) groups is 1. The zero-order chi connectivity index (χ0) is 11.2. The number of hydrogen-bond donors (Lipinski definition) is 1. The van der Waals surface area contributed by atoms with E-state index in [4.69, 9.17) is 0 Å². The smallest absolute Gasteiger partial charge is 0.210 e. The van der Waals surface area contributed by atoms with E-state index in [0.717, 1.165) is 11.0 Å². The molecule has 4 nitrogen and oxygen atoms in total. The van der Waals surface area contributed by atoms with Crippen molar-refractivity contribution < 1.29 is 0 Å². The normalized spacial score (nSPS) is 26.4. The molecule has 2 aromatic heterocycles. The van der Waals surface area contributed by atoms with Gasteiger partial charge in [-0.15, -0.1) is 21.5 Å². The molecule has 0 aromatic carbocycles. The SMILES string of the molecule is c1csc(-c2nnc3n2NC2CCCC2S3)c1. The molecule has 1 aliphatic carbocycles. The Balaban J connectivity index is 1.77. The highest BCUT2D eigenvalue weighted by Crippen LogP contribution is 2.39. The van der Waals surface area contributed by atoms with Crippen molar-refractivity contribution in [2.75, 3.05) is 5.43 Å². The molecule has 0 radical (unpaired) electrons. The number of nitrogens with zero attached hydrogens (tertiary/aromatic N) is 3. The van der Waals surface area contributed by atoms with Crippen LogP contribution in [0, 0.1) is 0 Å². The first kappa shape index (κ1) is 9.96. The molecule has 0 bridgehead atoms. The van der Waals surface area contributed by atoms with Gasteiger partial charge in [0.1, 0.15) is 0 Å². The van der Waals surface area contributed by atoms with E-state index in [-0.39, 0.29) is 0 Å². The van der Waals surface area contributed by atoms with Gasteiger partial charge in [-0.2, -0.15) is 0 Å². The molecule has 1 fully saturated rings. The fourth-order valence-electron chi connectivity index (χ4n) is 2.54. The van der Waals surface area contributed by atoms with E-state index in [1.54, 1.807) is 11.3 Å². The van der Waals surface area contributed by atoms with Gasteiger partial charge >= 0.3 is 0 Å². The van der Waals surface area contributed by atoms with Crippen molar-refractivity contribution in [1.82, 2.24) is 14.9 Å². The molecule has 4 rings (SSSR count). The maximum Gasteiger partial charge on any atom is 0.210 e. The summed E-state index contributed by atoms with van der Waals surface area (Å²) >= 11 is 3.58. The van der Waals surface area contributed by atoms with Crippen LogP contribution in [0.1, 0.15) is 19.3 Å². The van der Waals surface area contributed by atoms with Gasteiger partial charge in [-0.1, -0.05) is 24.2 Å². The van der Waals surface area contributed by atoms with Gasteiger partial charge in [0, 0.05) is 5.25 Å². The maximum atomic E-state index is 4.31. The predicted octanol–water partition coefficient (Wildman–Crippen LogP) is 2.58. The average Bonchev–Trinajstić information content (AvgIpc) is 3.05. The third kappa shape index (κ3) is 1.51. The number of rotatable bonds is 1. The van der Waals surface area contributed by atoms with Crippen LogP contribution in [-0.2, 0) is 0 Å². The third-order valence-corrected chi connectivity index (χ3v) is 5.59. The first-order valence-corrected chi connectivity index (χ1v) is 7.60. The van der Waals surface area contributed by atoms with Crippen LogP contribution in [-0.4, -0.2) is 26.2 Å². The van der Waals surface area contributed by atoms with Crippen LogP contribution in [0.2, 0.25) is 0 Å². The minimum atomic E-state index is 0.585. The molecule has 3 heterocycles. The summed E-state index contributed by atoms with van der Waals surface area (Å²) in [6, 6.07) is 4.73. The Morgan fingerprint density at radius 1 is 1.35 bits per heavy atom. The summed E-state index contributed by atoms with van der Waals surface area (Å²) in [7, 11) is 0. The molecule has 1 saturated carbocycles. The van der Waals surface area contributed by atoms with Crippen LogP contribution < -0.4 is 5.43 Å². The Labute approximate surface area is 107 Å². The van der Waals surface area contributed by atoms with Crippen molar-refractivity contribution in [3.05, 3.63) is 17.5 Å². The summed E-state index contributed by atoms with van der Waals surface area (Å²) in [4.78, 5) is 1.17. The van der Waals surface area contributed by atoms with Gasteiger partial charge in [-0.25, -0.2) is 4.68 Å². The van der Waals surface area contributed by atoms with Gasteiger partial charge < -0.3 is 5.43 Å². The topological polar surface area (TPSA) is 42.7 Å². The van der Waals surface area contributed by atoms with Crippen LogP contribution >= 0.6 is 23.1 Å². The Kier molecular flexibility index (Phi) is 2.19. The summed E-state index contributed by atoms with van der Waals surface area (Å²) in [5.74, 6) is 0.952. The lowest BCUT2D eigenvalue weighted by Crippen LogP contribution is -2.37. The summed E-state index contributed by atoms with van der Waals surface area (Å²) in [5.41, 5.74) is 3.57. The summed E-state index contributed by atoms with van der Waals surface area (Å²) in [5, 5.41) is 12.4. The highest BCUT2D eigenvalue weighted by Gasteiger charge is 2.35. The lowest BCUT2D eigenvalue weighted by atomic mass is 10.3. The van der Waals surface area contributed by atoms with Crippen molar-refractivity contribution in [3.8, 4) is 10.7 Å². The Morgan fingerprint density at radius 2 is 2.35 bits per heavy atom. The first-order valence-electron chi connectivity index (χ1n) is 5.84. The summed E-state index contributed by atoms with van der Waals surface area (Å²) < 4.78 is 2.07. The molecule has 1 N–H and O–H groups in total. The molecule has 1 aliphatic heterocycles. The number of thiophene rings is 1. The minimum Gasteiger partial charge on any atom is -0.318 e. The van der Waals surface area contributed by atoms with Crippen LogP contribution in [0.5, 0.6) is 0 Å². The highest BCUT2D eigenvalue weighted by atomic mass is 32.2. The van der Waals surface area contributed by atoms with Gasteiger partial charge in [0.25, 0.3) is 0 Å². The summed E-state index contributed by atoms with van der Waals surface area (Å²) in [6.45, 7) is 0. The second kappa shape index (κ2) is 3.74. The molecule has 2 atom stereocenters. The van der Waals surface area contributed by atoms with E-state index in [9.17, 15) is 0 Å². The van der Waals surface area contributed by atoms with E-state index in [1.165, 1.54) is 24.1 Å². The largest absolute Gasteiger partial charge is 0.318 e. The number of aromatic nitrogens is 3. The van der Waals surface area contributed by atoms with E-state index >= 15 is 0 Å². The molecule has 2 unspecified atom stereocenters. The van der Waals surface area contributed by atoms with Crippen LogP contribution in [0.15, 0.2) is 22.7 Å². The monoisotopic (exact) mass is 264 g/mol. The zero-order valence-electron chi connectivity index (χ0n) is 9.17. The van der Waals surface area contributed by atoms with Gasteiger partial charge in [-0.05, 0) is 24.3 Å². The van der Waals surface area contributed by atoms with E-state index in [1.807, 2.05) is 11.8 Å². The average molecular weight is 264 g/mol. The van der Waals surface area contributed by atoms with Gasteiger partial charge in [0.2, 0.25) is 5.16 Å². The third-order valence-electron chi connectivity index (χ3n) is 3.38. The fraction of sp³-hybridized carbons (Fsp3) is 0.455. The van der Waals surface area contributed by atoms with Crippen LogP contribution in [0.25, 0.3) is 10.7 Å². The Hall–Kier alpha value is -1.01. The molecule has 2 aromatic rings. The minimum absolute atomic E-state index is 0.585. The first-order chi connectivity index (χ1) is 8.42. The lowest BCUT2D eigenvalue weighted by molar-refractivity contribution is 0.612. The number of fused-ring (bicyclic) bond motifs is 2. The number of hydrogen-bond acceptors (Lipinski definition) is 5. The van der Waals surface area contributed by atoms with Gasteiger partial charge in [0.05, 0.1) is 10.9 Å². The molecule has 0 saturated heterocycles. The molecule has 0 spiro atoms. The zero-order valence-corrected chi connectivity index (χ0v) is 10.8. The van der Waals surface area contributed by atoms with Crippen molar-refractivity contribution in [1.29, 1.82) is 0 Å². The quantitative estimate of drug-likeness (QED) is 0.859. The molecule has 88 valence electrons. The maximum absolute atomic E-state index is 4.31. The molecule has 0 amide bonds. The summed E-state index contributed by atoms with van der Waals surface area (Å²) in [6.07, 6.45) is 3.88. The molecule has 6 heteroatoms. The molecular weight excluding hydrogens is 252 g/mol. The van der Waals surface area contributed by atoms with E-state index in [2.05, 4.69) is 37.8 Å². The lowest BCUT2D eigenvalue weighted by Gasteiger charge is -2.28. The van der Waals surface area contributed by atoms with Crippen molar-refractivity contribution in [2.45, 2.75) is 35.7 Å². The van der Waals surface area contributed by atoms with E-state index in [0.29, 0.717) is 11.3 Å². The molecule has 2 aliphatic rings. The second-order valence-electron chi connectivity index (χ2n) is 4.44. The molecule has 17 heavy (non-hydrogen) atoms. The standard InChI is InChI=1S/C11H12N4S2/c1-3-7-8(4-1)17-11-13-12-10(15(11)14-7)9-5-2-6-16-9/h2,5-8,14H,1,3-4H2. The Morgan fingerprint density at radius 3 is 3.24 bits per heavy atom. The van der Waals surface area contributed by atoms with Crippen molar-refractivity contribution in [2.24, 2.45) is 0 Å². The van der Waals surface area contributed by atoms with Crippen LogP contribution in [0.3, 0.4) is 0 Å².